The Morgan fingerprint density at radius 2 is 2.09 bits per heavy atom. The zero-order valence-electron chi connectivity index (χ0n) is 16.9. The molecule has 11 nitrogen and oxygen atoms in total. The minimum atomic E-state index is -4.07. The van der Waals surface area contributed by atoms with Gasteiger partial charge in [0.2, 0.25) is 5.88 Å². The molecule has 32 heavy (non-hydrogen) atoms. The van der Waals surface area contributed by atoms with E-state index in [1.54, 1.807) is 0 Å². The van der Waals surface area contributed by atoms with E-state index in [1.165, 1.54) is 6.33 Å². The lowest BCUT2D eigenvalue weighted by molar-refractivity contribution is 0.0986. The predicted molar refractivity (Wildman–Crippen MR) is 115 cm³/mol. The number of hydrogen-bond acceptors (Lipinski definition) is 9. The van der Waals surface area contributed by atoms with Crippen LogP contribution in [0.1, 0.15) is 24.6 Å². The van der Waals surface area contributed by atoms with E-state index in [0.29, 0.717) is 35.7 Å². The van der Waals surface area contributed by atoms with Crippen LogP contribution >= 0.6 is 0 Å². The number of nitrogens with one attached hydrogen (secondary N) is 1. The molecule has 4 N–H and O–H groups in total. The molecule has 2 aromatic rings. The number of ether oxygens (including phenoxy) is 1. The Hall–Kier alpha value is -2.93. The van der Waals surface area contributed by atoms with Gasteiger partial charge in [-0.05, 0) is 12.0 Å². The molecule has 0 spiro atoms. The fourth-order valence-corrected chi connectivity index (χ4v) is 4.69. The number of nitrogens with two attached hydrogens (primary N) is 1. The highest BCUT2D eigenvalue weighted by molar-refractivity contribution is 7.84. The molecule has 0 saturated heterocycles. The van der Waals surface area contributed by atoms with Crippen molar-refractivity contribution in [1.82, 2.24) is 19.9 Å². The number of fused-ring (bicyclic) bond motifs is 2. The number of aliphatic hydroxyl groups is 1. The van der Waals surface area contributed by atoms with Gasteiger partial charge in [-0.15, -0.1) is 0 Å². The highest BCUT2D eigenvalue weighted by atomic mass is 32.2. The average Bonchev–Trinajstić information content (AvgIpc) is 3.35. The van der Waals surface area contributed by atoms with Crippen LogP contribution in [-0.4, -0.2) is 58.5 Å². The zero-order chi connectivity index (χ0) is 22.3. The molecule has 3 heterocycles. The van der Waals surface area contributed by atoms with E-state index >= 15 is 0 Å². The van der Waals surface area contributed by atoms with Gasteiger partial charge in [-0.25, -0.2) is 15.1 Å². The molecule has 3 aliphatic rings. The largest absolute Gasteiger partial charge is 0.473 e. The number of imidazole rings is 1. The summed E-state index contributed by atoms with van der Waals surface area (Å²) >= 11 is 0. The summed E-state index contributed by atoms with van der Waals surface area (Å²) in [7, 11) is -4.07. The smallest absolute Gasteiger partial charge is 0.333 e. The number of nitrogens with zero attached hydrogens (tertiary/aromatic N) is 4. The summed E-state index contributed by atoms with van der Waals surface area (Å²) in [4.78, 5) is 20.8. The van der Waals surface area contributed by atoms with Gasteiger partial charge >= 0.3 is 10.3 Å². The molecule has 2 aliphatic carbocycles. The average molecular weight is 459 g/mol. The molecular weight excluding hydrogens is 436 g/mol. The lowest BCUT2D eigenvalue weighted by Gasteiger charge is -2.24. The standard InChI is InChI=1S/C20H22N6O5S/c21-32(28,29)30-9-12-5-13(6-16(12)27)31-20-17-19(23-10-24-20)26-18(25-17)15-8-22-7-11-3-1-2-4-14(11)15/h1-4,7-8,10,12-16,27H,5-6,9H2,(H2,21,28,29)(H,23,24,25,26)/t12-,13+,14?,15?,16-/m0/s1. The van der Waals surface area contributed by atoms with Gasteiger partial charge in [-0.3, -0.25) is 9.18 Å². The van der Waals surface area contributed by atoms with Gasteiger partial charge < -0.3 is 14.8 Å². The zero-order valence-corrected chi connectivity index (χ0v) is 17.7. The summed E-state index contributed by atoms with van der Waals surface area (Å²) < 4.78 is 32.7. The van der Waals surface area contributed by atoms with Gasteiger partial charge in [0.05, 0.1) is 18.6 Å². The van der Waals surface area contributed by atoms with E-state index < -0.39 is 22.3 Å². The Morgan fingerprint density at radius 1 is 1.22 bits per heavy atom. The Bertz CT molecular complexity index is 1250. The Labute approximate surface area is 184 Å². The molecule has 168 valence electrons. The van der Waals surface area contributed by atoms with Crippen LogP contribution in [-0.2, 0) is 14.5 Å². The molecule has 1 aliphatic heterocycles. The summed E-state index contributed by atoms with van der Waals surface area (Å²) in [5, 5.41) is 15.1. The minimum absolute atomic E-state index is 0.0775. The molecule has 1 fully saturated rings. The molecule has 2 unspecified atom stereocenters. The van der Waals surface area contributed by atoms with Gasteiger partial charge in [0, 0.05) is 30.7 Å². The third-order valence-corrected chi connectivity index (χ3v) is 6.35. The summed E-state index contributed by atoms with van der Waals surface area (Å²) in [6, 6.07) is 0. The first-order valence-corrected chi connectivity index (χ1v) is 11.7. The molecule has 12 heteroatoms. The van der Waals surface area contributed by atoms with Crippen molar-refractivity contribution in [3.8, 4) is 5.88 Å². The van der Waals surface area contributed by atoms with Crippen molar-refractivity contribution in [2.45, 2.75) is 31.0 Å². The quantitative estimate of drug-likeness (QED) is 0.574. The van der Waals surface area contributed by atoms with Gasteiger partial charge in [0.1, 0.15) is 23.8 Å². The van der Waals surface area contributed by atoms with E-state index in [2.05, 4.69) is 35.2 Å². The molecule has 2 aromatic heterocycles. The fourth-order valence-electron chi connectivity index (χ4n) is 4.32. The topological polar surface area (TPSA) is 166 Å². The molecule has 5 rings (SSSR count). The monoisotopic (exact) mass is 458 g/mol. The van der Waals surface area contributed by atoms with Crippen LogP contribution in [0.3, 0.4) is 0 Å². The second-order valence-corrected chi connectivity index (χ2v) is 9.26. The number of aromatic nitrogens is 4. The van der Waals surface area contributed by atoms with E-state index in [-0.39, 0.29) is 24.5 Å². The summed E-state index contributed by atoms with van der Waals surface area (Å²) in [5.41, 5.74) is 2.13. The van der Waals surface area contributed by atoms with Crippen molar-refractivity contribution in [1.29, 1.82) is 0 Å². The second kappa shape index (κ2) is 8.20. The number of aromatic amines is 1. The Kier molecular flexibility index (Phi) is 5.37. The first-order valence-electron chi connectivity index (χ1n) is 10.2. The number of aliphatic hydroxyl groups excluding tert-OH is 1. The molecule has 0 bridgehead atoms. The Balaban J connectivity index is 1.34. The fraction of sp³-hybridized carbons (Fsp3) is 0.400. The first kappa shape index (κ1) is 20.9. The van der Waals surface area contributed by atoms with Crippen LogP contribution in [0.4, 0.5) is 0 Å². The highest BCUT2D eigenvalue weighted by Crippen LogP contribution is 2.36. The second-order valence-electron chi connectivity index (χ2n) is 8.04. The molecule has 0 radical (unpaired) electrons. The first-order chi connectivity index (χ1) is 15.4. The third kappa shape index (κ3) is 4.21. The van der Waals surface area contributed by atoms with E-state index in [9.17, 15) is 13.5 Å². The molecule has 0 amide bonds. The number of aliphatic imine (C=N–C) groups is 1. The van der Waals surface area contributed by atoms with E-state index in [0.717, 1.165) is 5.57 Å². The number of hydrogen-bond donors (Lipinski definition) is 3. The van der Waals surface area contributed by atoms with Gasteiger partial charge in [-0.1, -0.05) is 24.3 Å². The summed E-state index contributed by atoms with van der Waals surface area (Å²) in [6.07, 6.45) is 12.8. The SMILES string of the molecule is NS(=O)(=O)OC[C@@H]1C[C@@H](Oc2ncnc3nc(C4C=NC=C5C=CC=CC54)[nH]c23)C[C@@H]1O. The maximum atomic E-state index is 11.0. The van der Waals surface area contributed by atoms with Crippen LogP contribution in [0, 0.1) is 11.8 Å². The maximum absolute atomic E-state index is 11.0. The minimum Gasteiger partial charge on any atom is -0.473 e. The lowest BCUT2D eigenvalue weighted by atomic mass is 9.82. The lowest BCUT2D eigenvalue weighted by Crippen LogP contribution is -2.24. The van der Waals surface area contributed by atoms with Crippen molar-refractivity contribution in [2.24, 2.45) is 22.0 Å². The number of allylic oxidation sites excluding steroid dienone is 5. The van der Waals surface area contributed by atoms with Crippen molar-refractivity contribution >= 4 is 27.7 Å². The van der Waals surface area contributed by atoms with Crippen molar-refractivity contribution < 1.29 is 22.4 Å². The van der Waals surface area contributed by atoms with Gasteiger partial charge in [0.15, 0.2) is 5.65 Å². The van der Waals surface area contributed by atoms with Gasteiger partial charge in [0.25, 0.3) is 0 Å². The molecule has 1 saturated carbocycles. The van der Waals surface area contributed by atoms with Crippen molar-refractivity contribution in [3.05, 3.63) is 48.2 Å². The third-order valence-electron chi connectivity index (χ3n) is 5.89. The van der Waals surface area contributed by atoms with Crippen LogP contribution in [0.25, 0.3) is 11.2 Å². The molecular formula is C20H22N6O5S. The normalized spacial score (nSPS) is 29.3. The Morgan fingerprint density at radius 3 is 2.94 bits per heavy atom. The highest BCUT2D eigenvalue weighted by Gasteiger charge is 2.36. The maximum Gasteiger partial charge on any atom is 0.333 e. The molecule has 0 aromatic carbocycles. The van der Waals surface area contributed by atoms with Crippen molar-refractivity contribution in [2.75, 3.05) is 6.61 Å². The number of rotatable bonds is 6. The molecule has 5 atom stereocenters. The van der Waals surface area contributed by atoms with Crippen molar-refractivity contribution in [3.63, 3.8) is 0 Å². The predicted octanol–water partition coefficient (Wildman–Crippen LogP) is 0.885. The summed E-state index contributed by atoms with van der Waals surface area (Å²) in [6.45, 7) is -0.201. The number of H-pyrrole nitrogens is 1. The van der Waals surface area contributed by atoms with Crippen LogP contribution < -0.4 is 9.88 Å². The van der Waals surface area contributed by atoms with E-state index in [4.69, 9.17) is 9.88 Å². The summed E-state index contributed by atoms with van der Waals surface area (Å²) in [5.74, 6) is 0.658. The van der Waals surface area contributed by atoms with Crippen LogP contribution in [0.5, 0.6) is 5.88 Å². The van der Waals surface area contributed by atoms with Crippen LogP contribution in [0.2, 0.25) is 0 Å². The van der Waals surface area contributed by atoms with E-state index in [1.807, 2.05) is 30.6 Å². The van der Waals surface area contributed by atoms with Gasteiger partial charge in [-0.2, -0.15) is 13.4 Å². The van der Waals surface area contributed by atoms with Crippen LogP contribution in [0.15, 0.2) is 47.4 Å².